The Hall–Kier alpha value is -1.26. The number of likely N-dealkylation sites (tertiary alicyclic amines) is 1. The highest BCUT2D eigenvalue weighted by atomic mass is 16.5. The predicted octanol–water partition coefficient (Wildman–Crippen LogP) is 2.58. The molecule has 0 aliphatic carbocycles. The SMILES string of the molecule is CCOc1ccc2c(c1)C(N)C(CN1CCCCC1)CO2. The van der Waals surface area contributed by atoms with E-state index in [2.05, 4.69) is 4.90 Å². The van der Waals surface area contributed by atoms with Crippen molar-refractivity contribution in [2.75, 3.05) is 32.8 Å². The second-order valence-electron chi connectivity index (χ2n) is 6.09. The Labute approximate surface area is 127 Å². The Balaban J connectivity index is 1.70. The normalized spacial score (nSPS) is 26.0. The molecule has 0 radical (unpaired) electrons. The Morgan fingerprint density at radius 3 is 2.86 bits per heavy atom. The van der Waals surface area contributed by atoms with Crippen molar-refractivity contribution < 1.29 is 9.47 Å². The summed E-state index contributed by atoms with van der Waals surface area (Å²) in [5.74, 6) is 2.17. The highest BCUT2D eigenvalue weighted by Crippen LogP contribution is 2.36. The van der Waals surface area contributed by atoms with Crippen molar-refractivity contribution in [3.8, 4) is 11.5 Å². The van der Waals surface area contributed by atoms with Gasteiger partial charge in [-0.15, -0.1) is 0 Å². The van der Waals surface area contributed by atoms with E-state index in [1.807, 2.05) is 25.1 Å². The van der Waals surface area contributed by atoms with Crippen LogP contribution in [0.3, 0.4) is 0 Å². The number of ether oxygens (including phenoxy) is 2. The van der Waals surface area contributed by atoms with Gasteiger partial charge in [-0.25, -0.2) is 0 Å². The first kappa shape index (κ1) is 14.7. The van der Waals surface area contributed by atoms with Gasteiger partial charge in [-0.3, -0.25) is 0 Å². The Kier molecular flexibility index (Phi) is 4.66. The van der Waals surface area contributed by atoms with Gasteiger partial charge in [0.05, 0.1) is 13.2 Å². The molecule has 0 bridgehead atoms. The fraction of sp³-hybridized carbons (Fsp3) is 0.647. The molecule has 1 aromatic carbocycles. The molecule has 4 heteroatoms. The molecule has 2 atom stereocenters. The summed E-state index contributed by atoms with van der Waals surface area (Å²) in [6.45, 7) is 6.84. The van der Waals surface area contributed by atoms with E-state index in [4.69, 9.17) is 15.2 Å². The van der Waals surface area contributed by atoms with Crippen molar-refractivity contribution >= 4 is 0 Å². The van der Waals surface area contributed by atoms with Crippen LogP contribution >= 0.6 is 0 Å². The van der Waals surface area contributed by atoms with Gasteiger partial charge in [-0.2, -0.15) is 0 Å². The Morgan fingerprint density at radius 2 is 2.10 bits per heavy atom. The van der Waals surface area contributed by atoms with Gasteiger partial charge in [0, 0.05) is 24.1 Å². The first-order valence-electron chi connectivity index (χ1n) is 8.15. The number of benzene rings is 1. The average Bonchev–Trinajstić information content (AvgIpc) is 2.52. The average molecular weight is 290 g/mol. The molecular formula is C17H26N2O2. The zero-order valence-electron chi connectivity index (χ0n) is 12.9. The molecule has 0 amide bonds. The zero-order valence-corrected chi connectivity index (χ0v) is 12.9. The van der Waals surface area contributed by atoms with Crippen LogP contribution in [0.25, 0.3) is 0 Å². The molecular weight excluding hydrogens is 264 g/mol. The van der Waals surface area contributed by atoms with Crippen molar-refractivity contribution in [1.82, 2.24) is 4.90 Å². The summed E-state index contributed by atoms with van der Waals surface area (Å²) >= 11 is 0. The van der Waals surface area contributed by atoms with Gasteiger partial charge in [0.2, 0.25) is 0 Å². The van der Waals surface area contributed by atoms with Crippen molar-refractivity contribution in [3.05, 3.63) is 23.8 Å². The van der Waals surface area contributed by atoms with Crippen molar-refractivity contribution in [2.45, 2.75) is 32.2 Å². The minimum atomic E-state index is 0.0380. The minimum absolute atomic E-state index is 0.0380. The number of nitrogens with zero attached hydrogens (tertiary/aromatic N) is 1. The van der Waals surface area contributed by atoms with E-state index in [-0.39, 0.29) is 6.04 Å². The topological polar surface area (TPSA) is 47.7 Å². The van der Waals surface area contributed by atoms with E-state index in [1.165, 1.54) is 32.4 Å². The summed E-state index contributed by atoms with van der Waals surface area (Å²) in [6.07, 6.45) is 3.99. The maximum absolute atomic E-state index is 6.51. The molecule has 116 valence electrons. The second-order valence-corrected chi connectivity index (χ2v) is 6.09. The lowest BCUT2D eigenvalue weighted by molar-refractivity contribution is 0.125. The van der Waals surface area contributed by atoms with Crippen molar-refractivity contribution in [2.24, 2.45) is 11.7 Å². The summed E-state index contributed by atoms with van der Waals surface area (Å²) in [7, 11) is 0. The van der Waals surface area contributed by atoms with E-state index in [9.17, 15) is 0 Å². The summed E-state index contributed by atoms with van der Waals surface area (Å²) < 4.78 is 11.5. The molecule has 2 N–H and O–H groups in total. The molecule has 2 aliphatic heterocycles. The lowest BCUT2D eigenvalue weighted by Gasteiger charge is -2.36. The third-order valence-corrected chi connectivity index (χ3v) is 4.55. The number of piperidine rings is 1. The molecule has 4 nitrogen and oxygen atoms in total. The molecule has 2 aliphatic rings. The van der Waals surface area contributed by atoms with Crippen LogP contribution in [0.4, 0.5) is 0 Å². The molecule has 3 rings (SSSR count). The zero-order chi connectivity index (χ0) is 14.7. The van der Waals surface area contributed by atoms with E-state index in [0.717, 1.165) is 30.2 Å². The fourth-order valence-electron chi connectivity index (χ4n) is 3.37. The van der Waals surface area contributed by atoms with Gasteiger partial charge in [0.1, 0.15) is 11.5 Å². The molecule has 2 heterocycles. The van der Waals surface area contributed by atoms with Gasteiger partial charge < -0.3 is 20.1 Å². The largest absolute Gasteiger partial charge is 0.494 e. The molecule has 2 unspecified atom stereocenters. The lowest BCUT2D eigenvalue weighted by Crippen LogP contribution is -2.42. The summed E-state index contributed by atoms with van der Waals surface area (Å²) in [6, 6.07) is 6.03. The standard InChI is InChI=1S/C17H26N2O2/c1-2-20-14-6-7-16-15(10-14)17(18)13(12-21-16)11-19-8-4-3-5-9-19/h6-7,10,13,17H,2-5,8-9,11-12,18H2,1H3. The molecule has 1 aromatic rings. The van der Waals surface area contributed by atoms with Gasteiger partial charge >= 0.3 is 0 Å². The smallest absolute Gasteiger partial charge is 0.124 e. The molecule has 1 saturated heterocycles. The number of nitrogens with two attached hydrogens (primary N) is 1. The first-order chi connectivity index (χ1) is 10.3. The lowest BCUT2D eigenvalue weighted by atomic mass is 9.90. The monoisotopic (exact) mass is 290 g/mol. The quantitative estimate of drug-likeness (QED) is 0.926. The highest BCUT2D eigenvalue weighted by molar-refractivity contribution is 5.43. The molecule has 0 spiro atoms. The third kappa shape index (κ3) is 3.33. The first-order valence-corrected chi connectivity index (χ1v) is 8.15. The molecule has 1 fully saturated rings. The number of fused-ring (bicyclic) bond motifs is 1. The fourth-order valence-corrected chi connectivity index (χ4v) is 3.37. The summed E-state index contributed by atoms with van der Waals surface area (Å²) in [5, 5.41) is 0. The Morgan fingerprint density at radius 1 is 1.29 bits per heavy atom. The molecule has 0 aromatic heterocycles. The molecule has 0 saturated carbocycles. The van der Waals surface area contributed by atoms with Crippen LogP contribution in [0.1, 0.15) is 37.8 Å². The maximum Gasteiger partial charge on any atom is 0.124 e. The van der Waals surface area contributed by atoms with Crippen LogP contribution in [0.5, 0.6) is 11.5 Å². The number of rotatable bonds is 4. The van der Waals surface area contributed by atoms with E-state index in [1.54, 1.807) is 0 Å². The third-order valence-electron chi connectivity index (χ3n) is 4.55. The summed E-state index contributed by atoms with van der Waals surface area (Å²) in [4.78, 5) is 2.54. The van der Waals surface area contributed by atoms with Gasteiger partial charge in [0.15, 0.2) is 0 Å². The van der Waals surface area contributed by atoms with Crippen LogP contribution in [0, 0.1) is 5.92 Å². The number of hydrogen-bond acceptors (Lipinski definition) is 4. The minimum Gasteiger partial charge on any atom is -0.494 e. The second kappa shape index (κ2) is 6.67. The van der Waals surface area contributed by atoms with E-state index < -0.39 is 0 Å². The molecule has 21 heavy (non-hydrogen) atoms. The van der Waals surface area contributed by atoms with Crippen molar-refractivity contribution in [1.29, 1.82) is 0 Å². The van der Waals surface area contributed by atoms with Crippen molar-refractivity contribution in [3.63, 3.8) is 0 Å². The van der Waals surface area contributed by atoms with Gasteiger partial charge in [-0.05, 0) is 51.1 Å². The van der Waals surface area contributed by atoms with Gasteiger partial charge in [0.25, 0.3) is 0 Å². The highest BCUT2D eigenvalue weighted by Gasteiger charge is 2.30. The van der Waals surface area contributed by atoms with Crippen LogP contribution in [-0.2, 0) is 0 Å². The Bertz CT molecular complexity index is 472. The van der Waals surface area contributed by atoms with Crippen LogP contribution < -0.4 is 15.2 Å². The summed E-state index contributed by atoms with van der Waals surface area (Å²) in [5.41, 5.74) is 7.60. The van der Waals surface area contributed by atoms with Crippen LogP contribution in [0.15, 0.2) is 18.2 Å². The van der Waals surface area contributed by atoms with Gasteiger partial charge in [-0.1, -0.05) is 6.42 Å². The maximum atomic E-state index is 6.51. The van der Waals surface area contributed by atoms with Crippen LogP contribution in [-0.4, -0.2) is 37.7 Å². The van der Waals surface area contributed by atoms with E-state index >= 15 is 0 Å². The number of hydrogen-bond donors (Lipinski definition) is 1. The van der Waals surface area contributed by atoms with E-state index in [0.29, 0.717) is 12.5 Å². The van der Waals surface area contributed by atoms with Crippen LogP contribution in [0.2, 0.25) is 0 Å². The predicted molar refractivity (Wildman–Crippen MR) is 83.8 cm³/mol.